The van der Waals surface area contributed by atoms with E-state index in [1.54, 1.807) is 0 Å². The number of H-pyrrole nitrogens is 1. The zero-order valence-electron chi connectivity index (χ0n) is 11.4. The minimum absolute atomic E-state index is 0. The van der Waals surface area contributed by atoms with E-state index in [0.717, 1.165) is 11.0 Å². The van der Waals surface area contributed by atoms with Gasteiger partial charge in [0.15, 0.2) is 0 Å². The molecule has 0 saturated heterocycles. The molecule has 1 aromatic heterocycles. The number of nitrogens with one attached hydrogen (secondary N) is 1. The van der Waals surface area contributed by atoms with Gasteiger partial charge in [-0.1, -0.05) is 32.9 Å². The number of nitrogens with zero attached hydrogens (tertiary/aromatic N) is 1. The van der Waals surface area contributed by atoms with Crippen molar-refractivity contribution in [2.45, 2.75) is 31.1 Å². The molecule has 18 heavy (non-hydrogen) atoms. The minimum atomic E-state index is 0. The third-order valence-corrected chi connectivity index (χ3v) is 5.59. The molecule has 1 aromatic carbocycles. The molecule has 0 aliphatic rings. The second kappa shape index (κ2) is 7.62. The van der Waals surface area contributed by atoms with Crippen LogP contribution in [0.25, 0.3) is 11.0 Å². The Morgan fingerprint density at radius 3 is 2.11 bits per heavy atom. The summed E-state index contributed by atoms with van der Waals surface area (Å²) in [6, 6.07) is 7.78. The first-order valence-corrected chi connectivity index (χ1v) is 8.24. The van der Waals surface area contributed by atoms with Crippen molar-refractivity contribution in [3.05, 3.63) is 24.3 Å². The van der Waals surface area contributed by atoms with Crippen molar-refractivity contribution >= 4 is 31.6 Å². The van der Waals surface area contributed by atoms with Gasteiger partial charge < -0.3 is 17.6 Å². The van der Waals surface area contributed by atoms with Gasteiger partial charge in [0.1, 0.15) is 0 Å². The van der Waals surface area contributed by atoms with Crippen molar-refractivity contribution in [1.29, 1.82) is 0 Å². The summed E-state index contributed by atoms with van der Waals surface area (Å²) < 4.78 is 0. The van der Waals surface area contributed by atoms with Crippen molar-refractivity contribution in [2.75, 3.05) is 13.3 Å². The van der Waals surface area contributed by atoms with Gasteiger partial charge in [0.25, 0.3) is 0 Å². The summed E-state index contributed by atoms with van der Waals surface area (Å²) in [7, 11) is 0.258. The van der Waals surface area contributed by atoms with E-state index in [-0.39, 0.29) is 30.3 Å². The van der Waals surface area contributed by atoms with E-state index in [1.165, 1.54) is 0 Å². The average Bonchev–Trinajstić information content (AvgIpc) is 2.57. The van der Waals surface area contributed by atoms with E-state index in [1.807, 2.05) is 24.3 Å². The number of aromatic nitrogens is 2. The van der Waals surface area contributed by atoms with E-state index < -0.39 is 0 Å². The third-order valence-electron chi connectivity index (χ3n) is 2.71. The van der Waals surface area contributed by atoms with Crippen molar-refractivity contribution < 1.29 is 22.4 Å². The van der Waals surface area contributed by atoms with Crippen molar-refractivity contribution in [3.63, 3.8) is 0 Å². The Labute approximate surface area is 132 Å². The smallest absolute Gasteiger partial charge is 0.742 e. The van der Waals surface area contributed by atoms with E-state index in [2.05, 4.69) is 44.1 Å². The molecule has 1 N–H and O–H groups in total. The van der Waals surface area contributed by atoms with E-state index >= 15 is 0 Å². The quantitative estimate of drug-likeness (QED) is 0.363. The molecule has 0 saturated carbocycles. The number of benzene rings is 1. The van der Waals surface area contributed by atoms with Gasteiger partial charge in [-0.05, 0) is 35.8 Å². The fourth-order valence-electron chi connectivity index (χ4n) is 0.929. The molecule has 0 spiro atoms. The Kier molecular flexibility index (Phi) is 7.65. The first-order valence-electron chi connectivity index (χ1n) is 5.60. The van der Waals surface area contributed by atoms with Crippen LogP contribution < -0.4 is 0 Å². The van der Waals surface area contributed by atoms with Crippen LogP contribution in [0, 0.1) is 0 Å². The predicted octanol–water partition coefficient (Wildman–Crippen LogP) is 3.99. The summed E-state index contributed by atoms with van der Waals surface area (Å²) >= 11 is 4.85. The van der Waals surface area contributed by atoms with E-state index in [0.29, 0.717) is 10.3 Å². The second-order valence-electron chi connectivity index (χ2n) is 5.12. The first kappa shape index (κ1) is 18.1. The Balaban J connectivity index is 0.000000326. The minimum Gasteiger partial charge on any atom is -0.742 e. The fraction of sp³-hybridized carbons (Fsp3) is 0.462. The molecular formula is C13H20AuN2PS. The van der Waals surface area contributed by atoms with Gasteiger partial charge in [-0.15, -0.1) is 7.92 Å². The number of rotatable bonds is 0. The maximum Gasteiger partial charge on any atom is 1.00 e. The average molecular weight is 464 g/mol. The number of fused-ring (bicyclic) bond motifs is 1. The molecule has 1 heterocycles. The maximum atomic E-state index is 4.85. The molecule has 0 aliphatic heterocycles. The monoisotopic (exact) mass is 464 g/mol. The molecule has 2 nitrogen and oxygen atoms in total. The molecule has 2 rings (SSSR count). The molecule has 104 valence electrons. The Hall–Kier alpha value is 0.0803. The Morgan fingerprint density at radius 1 is 1.17 bits per heavy atom. The molecule has 0 atom stereocenters. The number of para-hydroxylation sites is 2. The molecule has 0 aliphatic carbocycles. The van der Waals surface area contributed by atoms with Crippen LogP contribution in [0.2, 0.25) is 0 Å². The fourth-order valence-corrected chi connectivity index (χ4v) is 1.14. The summed E-state index contributed by atoms with van der Waals surface area (Å²) in [4.78, 5) is 7.03. The van der Waals surface area contributed by atoms with Crippen molar-refractivity contribution in [3.8, 4) is 0 Å². The summed E-state index contributed by atoms with van der Waals surface area (Å²) in [5.74, 6) is 0. The van der Waals surface area contributed by atoms with Gasteiger partial charge in [-0.2, -0.15) is 0 Å². The van der Waals surface area contributed by atoms with Crippen molar-refractivity contribution in [2.24, 2.45) is 0 Å². The van der Waals surface area contributed by atoms with Crippen LogP contribution in [-0.2, 0) is 35.0 Å². The molecule has 0 unspecified atom stereocenters. The Morgan fingerprint density at radius 2 is 1.67 bits per heavy atom. The van der Waals surface area contributed by atoms with Gasteiger partial charge in [-0.25, -0.2) is 0 Å². The zero-order chi connectivity index (χ0) is 13.1. The predicted molar refractivity (Wildman–Crippen MR) is 80.2 cm³/mol. The summed E-state index contributed by atoms with van der Waals surface area (Å²) in [5, 5.41) is 1.12. The molecule has 0 bridgehead atoms. The van der Waals surface area contributed by atoms with Crippen LogP contribution in [-0.4, -0.2) is 28.5 Å². The Bertz CT molecular complexity index is 444. The number of aromatic amines is 1. The van der Waals surface area contributed by atoms with Gasteiger partial charge in [0.05, 0.1) is 11.0 Å². The normalized spacial score (nSPS) is 10.8. The molecule has 0 fully saturated rings. The van der Waals surface area contributed by atoms with Crippen LogP contribution in [0.5, 0.6) is 0 Å². The first-order chi connectivity index (χ1) is 7.80. The zero-order valence-corrected chi connectivity index (χ0v) is 15.3. The van der Waals surface area contributed by atoms with E-state index in [4.69, 9.17) is 12.6 Å². The topological polar surface area (TPSA) is 28.7 Å². The van der Waals surface area contributed by atoms with Crippen LogP contribution in [0.1, 0.15) is 20.8 Å². The molecule has 2 aromatic rings. The largest absolute Gasteiger partial charge is 1.00 e. The molecule has 0 amide bonds. The third kappa shape index (κ3) is 5.81. The van der Waals surface area contributed by atoms with Gasteiger partial charge in [-0.3, -0.25) is 4.98 Å². The van der Waals surface area contributed by atoms with Gasteiger partial charge >= 0.3 is 22.4 Å². The number of hydrogen-bond donors (Lipinski definition) is 1. The summed E-state index contributed by atoms with van der Waals surface area (Å²) in [5.41, 5.74) is 1.94. The van der Waals surface area contributed by atoms with E-state index in [9.17, 15) is 0 Å². The van der Waals surface area contributed by atoms with Crippen LogP contribution in [0.3, 0.4) is 0 Å². The molecule has 5 heteroatoms. The second-order valence-corrected chi connectivity index (χ2v) is 8.64. The summed E-state index contributed by atoms with van der Waals surface area (Å²) in [6.45, 7) is 11.5. The molecular weight excluding hydrogens is 444 g/mol. The van der Waals surface area contributed by atoms with Crippen LogP contribution in [0.15, 0.2) is 29.4 Å². The van der Waals surface area contributed by atoms with Crippen LogP contribution in [0.4, 0.5) is 0 Å². The van der Waals surface area contributed by atoms with Crippen LogP contribution >= 0.6 is 7.92 Å². The van der Waals surface area contributed by atoms with Crippen molar-refractivity contribution in [1.82, 2.24) is 9.97 Å². The molecule has 0 radical (unpaired) electrons. The number of imidazole rings is 1. The standard InChI is InChI=1S/C7H6N2S.C6H15P.Au/c10-7-8-5-3-1-2-4-6(5)9-7;1-6(2,3)7(4)5;/h1-4H,(H2,8,9,10);1-5H3;/q;;+1/p-1. The van der Waals surface area contributed by atoms with Gasteiger partial charge in [0, 0.05) is 0 Å². The summed E-state index contributed by atoms with van der Waals surface area (Å²) in [6.07, 6.45) is 0. The maximum absolute atomic E-state index is 4.85. The van der Waals surface area contributed by atoms with Gasteiger partial charge in [0.2, 0.25) is 0 Å². The number of hydrogen-bond acceptors (Lipinski definition) is 2. The SMILES string of the molecule is CP(C)C(C)(C)C.[Au+].[S-]c1nc2ccccc2[nH]1.